The minimum atomic E-state index is 0.432. The van der Waals surface area contributed by atoms with Crippen LogP contribution in [0.25, 0.3) is 0 Å². The molecule has 104 valence electrons. The zero-order valence-corrected chi connectivity index (χ0v) is 11.8. The maximum absolute atomic E-state index is 5.60. The minimum Gasteiger partial charge on any atom is -0.353 e. The topological polar surface area (TPSA) is 62.4 Å². The highest BCUT2D eigenvalue weighted by Crippen LogP contribution is 2.30. The summed E-state index contributed by atoms with van der Waals surface area (Å²) in [5, 5.41) is 3.46. The molecule has 0 spiro atoms. The molecule has 2 saturated carbocycles. The quantitative estimate of drug-likeness (QED) is 0.305. The Kier molecular flexibility index (Phi) is 4.87. The molecule has 0 aromatic rings. The lowest BCUT2D eigenvalue weighted by molar-refractivity contribution is 0.263. The van der Waals surface area contributed by atoms with Gasteiger partial charge < -0.3 is 5.32 Å². The molecule has 0 radical (unpaired) electrons. The van der Waals surface area contributed by atoms with E-state index in [0.717, 1.165) is 11.9 Å². The number of nitrogens with zero attached hydrogens (tertiary/aromatic N) is 1. The maximum Gasteiger partial charge on any atom is 0.206 e. The van der Waals surface area contributed by atoms with Crippen LogP contribution in [-0.4, -0.2) is 18.0 Å². The van der Waals surface area contributed by atoms with Gasteiger partial charge in [0.25, 0.3) is 0 Å². The first-order valence-corrected chi connectivity index (χ1v) is 7.50. The van der Waals surface area contributed by atoms with Crippen LogP contribution < -0.4 is 16.6 Å². The molecule has 0 amide bonds. The van der Waals surface area contributed by atoms with Gasteiger partial charge in [0.1, 0.15) is 0 Å². The summed E-state index contributed by atoms with van der Waals surface area (Å²) in [6.07, 6.45) is 8.92. The van der Waals surface area contributed by atoms with Gasteiger partial charge in [-0.1, -0.05) is 26.7 Å². The second kappa shape index (κ2) is 6.41. The summed E-state index contributed by atoms with van der Waals surface area (Å²) in [5.41, 5.74) is 2.75. The van der Waals surface area contributed by atoms with Crippen LogP contribution in [0.2, 0.25) is 0 Å². The van der Waals surface area contributed by atoms with Crippen molar-refractivity contribution in [3.63, 3.8) is 0 Å². The fourth-order valence-electron chi connectivity index (χ4n) is 3.39. The first-order valence-electron chi connectivity index (χ1n) is 7.50. The van der Waals surface area contributed by atoms with E-state index in [1.54, 1.807) is 0 Å². The van der Waals surface area contributed by atoms with E-state index in [2.05, 4.69) is 24.6 Å². The molecular formula is C14H28N4. The average Bonchev–Trinajstić information content (AvgIpc) is 2.84. The molecule has 0 aliphatic heterocycles. The van der Waals surface area contributed by atoms with Crippen molar-refractivity contribution in [1.29, 1.82) is 0 Å². The number of guanidine groups is 1. The van der Waals surface area contributed by atoms with Crippen molar-refractivity contribution in [3.8, 4) is 0 Å². The largest absolute Gasteiger partial charge is 0.353 e. The Bertz CT molecular complexity index is 284. The van der Waals surface area contributed by atoms with Crippen LogP contribution in [-0.2, 0) is 0 Å². The van der Waals surface area contributed by atoms with Crippen molar-refractivity contribution in [2.24, 2.45) is 22.7 Å². The fourth-order valence-corrected chi connectivity index (χ4v) is 3.39. The molecule has 2 aliphatic rings. The number of aliphatic imine (C=N–C) groups is 1. The van der Waals surface area contributed by atoms with Gasteiger partial charge in [-0.25, -0.2) is 10.8 Å². The highest BCUT2D eigenvalue weighted by molar-refractivity contribution is 5.79. The first-order chi connectivity index (χ1) is 8.69. The second-order valence-electron chi connectivity index (χ2n) is 6.21. The Labute approximate surface area is 111 Å². The Morgan fingerprint density at radius 1 is 1.11 bits per heavy atom. The summed E-state index contributed by atoms with van der Waals surface area (Å²) >= 11 is 0. The molecule has 0 aromatic heterocycles. The minimum absolute atomic E-state index is 0.432. The molecular weight excluding hydrogens is 224 g/mol. The lowest BCUT2D eigenvalue weighted by Gasteiger charge is -2.30. The van der Waals surface area contributed by atoms with E-state index in [1.807, 2.05) is 0 Å². The van der Waals surface area contributed by atoms with Crippen LogP contribution in [0, 0.1) is 11.8 Å². The summed E-state index contributed by atoms with van der Waals surface area (Å²) in [7, 11) is 0. The summed E-state index contributed by atoms with van der Waals surface area (Å²) in [5.74, 6) is 7.92. The predicted octanol–water partition coefficient (Wildman–Crippen LogP) is 2.16. The van der Waals surface area contributed by atoms with Gasteiger partial charge in [0.2, 0.25) is 5.96 Å². The van der Waals surface area contributed by atoms with E-state index < -0.39 is 0 Å². The molecule has 2 fully saturated rings. The van der Waals surface area contributed by atoms with Crippen molar-refractivity contribution in [2.45, 2.75) is 70.9 Å². The Morgan fingerprint density at radius 3 is 2.44 bits per heavy atom. The zero-order chi connectivity index (χ0) is 13.0. The van der Waals surface area contributed by atoms with E-state index in [9.17, 15) is 0 Å². The van der Waals surface area contributed by atoms with E-state index in [0.29, 0.717) is 18.0 Å². The lowest BCUT2D eigenvalue weighted by atomic mass is 9.80. The van der Waals surface area contributed by atoms with Gasteiger partial charge in [0.05, 0.1) is 6.04 Å². The van der Waals surface area contributed by atoms with Gasteiger partial charge in [0, 0.05) is 6.04 Å². The Hall–Kier alpha value is -0.770. The maximum atomic E-state index is 5.60. The van der Waals surface area contributed by atoms with Gasteiger partial charge in [-0.3, -0.25) is 5.43 Å². The molecule has 4 N–H and O–H groups in total. The van der Waals surface area contributed by atoms with Crippen LogP contribution in [0.15, 0.2) is 4.99 Å². The third-order valence-corrected chi connectivity index (χ3v) is 4.51. The van der Waals surface area contributed by atoms with Gasteiger partial charge in [-0.05, 0) is 43.9 Å². The molecule has 0 saturated heterocycles. The van der Waals surface area contributed by atoms with Gasteiger partial charge in [0.15, 0.2) is 0 Å². The van der Waals surface area contributed by atoms with Crippen molar-refractivity contribution in [1.82, 2.24) is 10.7 Å². The highest BCUT2D eigenvalue weighted by Gasteiger charge is 2.25. The summed E-state index contributed by atoms with van der Waals surface area (Å²) < 4.78 is 0. The van der Waals surface area contributed by atoms with Crippen molar-refractivity contribution < 1.29 is 0 Å². The number of nitrogens with one attached hydrogen (secondary N) is 2. The first kappa shape index (κ1) is 13.7. The van der Waals surface area contributed by atoms with Crippen LogP contribution in [0.5, 0.6) is 0 Å². The molecule has 3 unspecified atom stereocenters. The third-order valence-electron chi connectivity index (χ3n) is 4.51. The van der Waals surface area contributed by atoms with Crippen LogP contribution >= 0.6 is 0 Å². The molecule has 18 heavy (non-hydrogen) atoms. The molecule has 2 rings (SSSR count). The second-order valence-corrected chi connectivity index (χ2v) is 6.21. The van der Waals surface area contributed by atoms with Crippen LogP contribution in [0.3, 0.4) is 0 Å². The fraction of sp³-hybridized carbons (Fsp3) is 0.929. The van der Waals surface area contributed by atoms with E-state index in [4.69, 9.17) is 10.8 Å². The third kappa shape index (κ3) is 3.61. The monoisotopic (exact) mass is 252 g/mol. The number of nitrogens with two attached hydrogens (primary N) is 1. The van der Waals surface area contributed by atoms with Gasteiger partial charge >= 0.3 is 0 Å². The molecule has 4 nitrogen and oxygen atoms in total. The van der Waals surface area contributed by atoms with E-state index in [-0.39, 0.29) is 0 Å². The number of hydrogen-bond donors (Lipinski definition) is 3. The smallest absolute Gasteiger partial charge is 0.206 e. The normalized spacial score (nSPS) is 34.6. The highest BCUT2D eigenvalue weighted by atomic mass is 15.3. The van der Waals surface area contributed by atoms with Gasteiger partial charge in [-0.15, -0.1) is 0 Å². The molecule has 3 atom stereocenters. The molecule has 0 bridgehead atoms. The van der Waals surface area contributed by atoms with Crippen molar-refractivity contribution in [2.75, 3.05) is 0 Å². The summed E-state index contributed by atoms with van der Waals surface area (Å²) in [4.78, 5) is 4.80. The summed E-state index contributed by atoms with van der Waals surface area (Å²) in [6, 6.07) is 0.999. The van der Waals surface area contributed by atoms with Crippen LogP contribution in [0.1, 0.15) is 58.8 Å². The summed E-state index contributed by atoms with van der Waals surface area (Å²) in [6.45, 7) is 4.66. The van der Waals surface area contributed by atoms with E-state index >= 15 is 0 Å². The van der Waals surface area contributed by atoms with Crippen molar-refractivity contribution in [3.05, 3.63) is 0 Å². The lowest BCUT2D eigenvalue weighted by Crippen LogP contribution is -2.46. The SMILES string of the molecule is CC1CCC(N=C(NN)NC2CCCC2)C(C)C1. The molecule has 0 aromatic carbocycles. The number of hydrogen-bond acceptors (Lipinski definition) is 2. The predicted molar refractivity (Wildman–Crippen MR) is 76.1 cm³/mol. The Morgan fingerprint density at radius 2 is 1.83 bits per heavy atom. The molecule has 2 aliphatic carbocycles. The number of rotatable bonds is 2. The zero-order valence-electron chi connectivity index (χ0n) is 11.8. The van der Waals surface area contributed by atoms with E-state index in [1.165, 1.54) is 44.9 Å². The molecule has 4 heteroatoms. The Balaban J connectivity index is 1.91. The van der Waals surface area contributed by atoms with Crippen LogP contribution in [0.4, 0.5) is 0 Å². The van der Waals surface area contributed by atoms with Gasteiger partial charge in [-0.2, -0.15) is 0 Å². The standard InChI is InChI=1S/C14H28N4/c1-10-7-8-13(11(2)9-10)17-14(18-15)16-12-5-3-4-6-12/h10-13H,3-9,15H2,1-2H3,(H2,16,17,18). The van der Waals surface area contributed by atoms with Crippen molar-refractivity contribution >= 4 is 5.96 Å². The average molecular weight is 252 g/mol. The molecule has 0 heterocycles. The number of hydrazine groups is 1.